The molecule has 8 nitrogen and oxygen atoms in total. The summed E-state index contributed by atoms with van der Waals surface area (Å²) in [5.74, 6) is 1.43. The van der Waals surface area contributed by atoms with Gasteiger partial charge in [-0.3, -0.25) is 0 Å². The highest BCUT2D eigenvalue weighted by atomic mass is 15.0. The molecule has 0 saturated carbocycles. The van der Waals surface area contributed by atoms with E-state index in [1.54, 1.807) is 0 Å². The quantitative estimate of drug-likeness (QED) is 0.142. The van der Waals surface area contributed by atoms with Gasteiger partial charge in [-0.1, -0.05) is 334 Å². The summed E-state index contributed by atoms with van der Waals surface area (Å²) < 4.78 is 9.83. The molecule has 0 fully saturated rings. The van der Waals surface area contributed by atoms with Crippen molar-refractivity contribution in [2.75, 3.05) is 0 Å². The van der Waals surface area contributed by atoms with Crippen LogP contribution in [0.1, 0.15) is 0 Å². The minimum absolute atomic E-state index is 0.715. The second-order valence-electron chi connectivity index (χ2n) is 35.0. The molecule has 0 amide bonds. The van der Waals surface area contributed by atoms with Gasteiger partial charge in [0.2, 0.25) is 0 Å². The van der Waals surface area contributed by atoms with E-state index in [0.29, 0.717) is 11.6 Å². The van der Waals surface area contributed by atoms with Crippen molar-refractivity contribution >= 4 is 206 Å². The molecule has 8 heteroatoms. The Morgan fingerprint density at radius 1 is 0.152 bits per heavy atom. The molecular weight excluding hydrogens is 1600 g/mol. The van der Waals surface area contributed by atoms with Crippen LogP contribution in [0.4, 0.5) is 0 Å². The Bertz CT molecular complexity index is 10000. The van der Waals surface area contributed by atoms with Gasteiger partial charge in [0, 0.05) is 98.6 Å². The summed E-state index contributed by atoms with van der Waals surface area (Å²) in [4.78, 5) is 21.3. The van der Waals surface area contributed by atoms with E-state index in [0.717, 1.165) is 105 Å². The molecule has 29 aromatic rings. The topological polar surface area (TPSA) is 71.3 Å². The number of rotatable bonds is 8. The number of benzene rings is 23. The maximum Gasteiger partial charge on any atom is 0.161 e. The molecule has 0 radical (unpaired) electrons. The van der Waals surface area contributed by atoms with E-state index in [4.69, 9.17) is 19.9 Å². The molecule has 0 saturated heterocycles. The Kier molecular flexibility index (Phi) is 16.1. The van der Waals surface area contributed by atoms with Crippen molar-refractivity contribution in [3.63, 3.8) is 0 Å². The Hall–Kier alpha value is -17.7. The van der Waals surface area contributed by atoms with Crippen LogP contribution in [0, 0.1) is 0 Å². The first-order valence-corrected chi connectivity index (χ1v) is 45.2. The molecule has 0 atom stereocenters. The van der Waals surface area contributed by atoms with Crippen LogP contribution in [0.2, 0.25) is 0 Å². The molecule has 23 aromatic carbocycles. The molecule has 0 spiro atoms. The third-order valence-corrected chi connectivity index (χ3v) is 27.9. The van der Waals surface area contributed by atoms with Gasteiger partial charge in [0.1, 0.15) is 0 Å². The first kappa shape index (κ1) is 73.5. The van der Waals surface area contributed by atoms with Gasteiger partial charge in [-0.25, -0.2) is 19.9 Å². The fourth-order valence-electron chi connectivity index (χ4n) is 21.9. The third kappa shape index (κ3) is 11.3. The van der Waals surface area contributed by atoms with E-state index in [2.05, 4.69) is 467 Å². The van der Waals surface area contributed by atoms with E-state index in [1.807, 2.05) is 0 Å². The second-order valence-corrected chi connectivity index (χ2v) is 35.0. The highest BCUT2D eigenvalue weighted by molar-refractivity contribution is 6.25. The Labute approximate surface area is 755 Å². The lowest BCUT2D eigenvalue weighted by atomic mass is 9.95. The number of aromatic nitrogens is 8. The van der Waals surface area contributed by atoms with Crippen LogP contribution >= 0.6 is 0 Å². The van der Waals surface area contributed by atoms with E-state index in [-0.39, 0.29) is 0 Å². The maximum absolute atomic E-state index is 5.56. The zero-order valence-corrected chi connectivity index (χ0v) is 71.3. The molecule has 610 valence electrons. The average molecular weight is 1680 g/mol. The van der Waals surface area contributed by atoms with Gasteiger partial charge in [-0.15, -0.1) is 0 Å². The van der Waals surface area contributed by atoms with E-state index < -0.39 is 0 Å². The normalized spacial score (nSPS) is 12.1. The van der Waals surface area contributed by atoms with Crippen molar-refractivity contribution in [1.82, 2.24) is 38.2 Å². The molecule has 0 N–H and O–H groups in total. The largest absolute Gasteiger partial charge is 0.309 e. The number of hydrogen-bond acceptors (Lipinski definition) is 4. The van der Waals surface area contributed by atoms with Gasteiger partial charge in [-0.2, -0.15) is 0 Å². The number of fused-ring (bicyclic) bond motifs is 27. The molecule has 0 unspecified atom stereocenters. The third-order valence-electron chi connectivity index (χ3n) is 27.9. The van der Waals surface area contributed by atoms with E-state index >= 15 is 0 Å². The summed E-state index contributed by atoms with van der Waals surface area (Å²) in [6.45, 7) is 0. The second kappa shape index (κ2) is 28.9. The first-order chi connectivity index (χ1) is 65.4. The van der Waals surface area contributed by atoms with Crippen LogP contribution < -0.4 is 0 Å². The maximum atomic E-state index is 5.56. The summed E-state index contributed by atoms with van der Waals surface area (Å²) in [6.07, 6.45) is 0. The van der Waals surface area contributed by atoms with Gasteiger partial charge >= 0.3 is 0 Å². The zero-order chi connectivity index (χ0) is 86.3. The lowest BCUT2D eigenvalue weighted by Gasteiger charge is -2.17. The predicted octanol–water partition coefficient (Wildman–Crippen LogP) is 32.7. The van der Waals surface area contributed by atoms with Crippen molar-refractivity contribution < 1.29 is 0 Å². The monoisotopic (exact) mass is 1670 g/mol. The molecule has 0 aliphatic heterocycles. The van der Waals surface area contributed by atoms with Crippen LogP contribution in [0.15, 0.2) is 449 Å². The van der Waals surface area contributed by atoms with E-state index in [9.17, 15) is 0 Å². The zero-order valence-electron chi connectivity index (χ0n) is 71.3. The SMILES string of the molecule is c1ccc2cc3c(cc2c1)c1ccc(-n2c4ccccc4c4c5ccccc5ccc42)cc1n3-c1ccc(-c2nc(-c3cc4ccccc4c4ccccc34)nc3ccccc23)c2ccccc12.c1ccc2cc3c(cc2c1)c1ccc(-n2c4ccccc4c4c5ccccc5ccc42)cc1n3-c1ccc(-c2nc(-c3ccc4c(ccc5ccccc54)c3)nc3ccccc23)cc1. The van der Waals surface area contributed by atoms with Gasteiger partial charge in [0.15, 0.2) is 11.6 Å². The molecule has 132 heavy (non-hydrogen) atoms. The predicted molar refractivity (Wildman–Crippen MR) is 556 cm³/mol. The minimum atomic E-state index is 0.715. The van der Waals surface area contributed by atoms with Crippen molar-refractivity contribution in [1.29, 1.82) is 0 Å². The lowest BCUT2D eigenvalue weighted by molar-refractivity contribution is 1.15. The summed E-state index contributed by atoms with van der Waals surface area (Å²) >= 11 is 0. The fourth-order valence-corrected chi connectivity index (χ4v) is 21.9. The fraction of sp³-hybridized carbons (Fsp3) is 0. The Morgan fingerprint density at radius 3 is 1.11 bits per heavy atom. The molecule has 29 rings (SSSR count). The summed E-state index contributed by atoms with van der Waals surface area (Å²) in [7, 11) is 0. The summed E-state index contributed by atoms with van der Waals surface area (Å²) in [5.41, 5.74) is 21.7. The van der Waals surface area contributed by atoms with Crippen LogP contribution in [-0.2, 0) is 0 Å². The van der Waals surface area contributed by atoms with Crippen LogP contribution in [0.3, 0.4) is 0 Å². The van der Waals surface area contributed by atoms with Crippen LogP contribution in [0.5, 0.6) is 0 Å². The molecule has 0 aliphatic rings. The average Bonchev–Trinajstić information content (AvgIpc) is 1.51. The molecular formula is C124H74N8. The lowest BCUT2D eigenvalue weighted by Crippen LogP contribution is -2.00. The van der Waals surface area contributed by atoms with Crippen molar-refractivity contribution in [2.24, 2.45) is 0 Å². The standard InChI is InChI=1S/C64H38N4.C60H36N4/c1-2-17-41-37-60-54(35-40(41)16-1)50-31-30-43(67-57-28-14-12-26-53(57)62-45-20-6-3-15-39(45)29-33-59(62)67)38-61(50)68(60)58-34-32-51(48-23-9-10-24-49(48)58)63-52-25-11-13-27-56(52)65-64(66-63)55-36-42-18-4-5-19-44(42)46-21-7-8-22-47(46)55;1-2-14-41-35-56-52(34-40(41)13-1)49-31-29-45(64-54-20-10-8-18-51(54)58-48-16-6-4-12-38(48)26-32-55(58)64)36-57(49)63(56)44-27-23-39(24-28-44)59-50-17-7-9-19-53(50)61-60(62-59)43-25-30-47-42(33-43)22-21-37-11-3-5-15-46(37)47/h1-38H;1-36H. The Balaban J connectivity index is 0.000000132. The molecule has 6 heterocycles. The summed E-state index contributed by atoms with van der Waals surface area (Å²) in [5, 5.41) is 33.8. The molecule has 6 aromatic heterocycles. The van der Waals surface area contributed by atoms with Crippen molar-refractivity contribution in [3.05, 3.63) is 449 Å². The van der Waals surface area contributed by atoms with Crippen LogP contribution in [0.25, 0.3) is 274 Å². The highest BCUT2D eigenvalue weighted by Crippen LogP contribution is 2.48. The van der Waals surface area contributed by atoms with Crippen molar-refractivity contribution in [3.8, 4) is 68.0 Å². The van der Waals surface area contributed by atoms with Gasteiger partial charge in [0.05, 0.1) is 72.2 Å². The first-order valence-electron chi connectivity index (χ1n) is 45.2. The summed E-state index contributed by atoms with van der Waals surface area (Å²) in [6, 6.07) is 163. The van der Waals surface area contributed by atoms with Gasteiger partial charge < -0.3 is 18.3 Å². The number of hydrogen-bond donors (Lipinski definition) is 0. The van der Waals surface area contributed by atoms with Crippen molar-refractivity contribution in [2.45, 2.75) is 0 Å². The van der Waals surface area contributed by atoms with Crippen LogP contribution in [-0.4, -0.2) is 38.2 Å². The smallest absolute Gasteiger partial charge is 0.161 e. The Morgan fingerprint density at radius 2 is 0.523 bits per heavy atom. The van der Waals surface area contributed by atoms with Gasteiger partial charge in [0.25, 0.3) is 0 Å². The van der Waals surface area contributed by atoms with Gasteiger partial charge in [-0.05, 0) is 207 Å². The minimum Gasteiger partial charge on any atom is -0.309 e. The molecule has 0 bridgehead atoms. The van der Waals surface area contributed by atoms with E-state index in [1.165, 1.54) is 157 Å². The number of para-hydroxylation sites is 4. The molecule has 0 aliphatic carbocycles. The number of nitrogens with zero attached hydrogens (tertiary/aromatic N) is 8. The highest BCUT2D eigenvalue weighted by Gasteiger charge is 2.26.